The number of fused-ring (bicyclic) bond motifs is 1. The number of piperazine rings is 1. The van der Waals surface area contributed by atoms with Crippen LogP contribution in [-0.4, -0.2) is 70.3 Å². The molecule has 1 amide bonds. The molecule has 1 N–H and O–H groups in total. The Hall–Kier alpha value is -2.42. The smallest absolute Gasteiger partial charge is 0.209 e. The van der Waals surface area contributed by atoms with Crippen LogP contribution in [0.25, 0.3) is 11.2 Å². The van der Waals surface area contributed by atoms with E-state index in [4.69, 9.17) is 28.2 Å². The topological polar surface area (TPSA) is 79.2 Å². The van der Waals surface area contributed by atoms with Gasteiger partial charge in [-0.05, 0) is 50.6 Å². The molecule has 10 heteroatoms. The number of hydrogen-bond acceptors (Lipinski definition) is 6. The van der Waals surface area contributed by atoms with Crippen molar-refractivity contribution in [2.24, 2.45) is 0 Å². The number of amides is 1. The van der Waals surface area contributed by atoms with Crippen molar-refractivity contribution in [3.8, 4) is 0 Å². The highest BCUT2D eigenvalue weighted by molar-refractivity contribution is 6.35. The fraction of sp³-hybridized carbons (Fsp3) is 0.455. The minimum atomic E-state index is -0.122. The fourth-order valence-electron chi connectivity index (χ4n) is 3.90. The highest BCUT2D eigenvalue weighted by Crippen LogP contribution is 2.30. The molecule has 0 aliphatic carbocycles. The summed E-state index contributed by atoms with van der Waals surface area (Å²) in [4.78, 5) is 24.1. The van der Waals surface area contributed by atoms with Crippen molar-refractivity contribution in [1.29, 1.82) is 0 Å². The molecule has 0 bridgehead atoms. The Bertz CT molecular complexity index is 1050. The number of nitrogens with zero attached hydrogens (tertiary/aromatic N) is 6. The molecule has 2 fully saturated rings. The molecule has 0 radical (unpaired) electrons. The molecule has 32 heavy (non-hydrogen) atoms. The van der Waals surface area contributed by atoms with Crippen LogP contribution >= 0.6 is 23.2 Å². The molecule has 2 aliphatic heterocycles. The summed E-state index contributed by atoms with van der Waals surface area (Å²) >= 11 is 12.4. The number of rotatable bonds is 4. The second kappa shape index (κ2) is 10.5. The Morgan fingerprint density at radius 1 is 1.09 bits per heavy atom. The summed E-state index contributed by atoms with van der Waals surface area (Å²) in [6.07, 6.45) is 7.13. The van der Waals surface area contributed by atoms with Crippen molar-refractivity contribution in [1.82, 2.24) is 30.0 Å². The lowest BCUT2D eigenvalue weighted by Gasteiger charge is -2.33. The first-order valence-electron chi connectivity index (χ1n) is 10.9. The van der Waals surface area contributed by atoms with Gasteiger partial charge in [0, 0.05) is 36.2 Å². The molecule has 0 spiro atoms. The van der Waals surface area contributed by atoms with Crippen LogP contribution in [0.15, 0.2) is 30.6 Å². The summed E-state index contributed by atoms with van der Waals surface area (Å²) in [6.45, 7) is 7.33. The summed E-state index contributed by atoms with van der Waals surface area (Å²) in [7, 11) is 0. The van der Waals surface area contributed by atoms with Crippen molar-refractivity contribution >= 4 is 46.6 Å². The number of hydrogen-bond donors (Lipinski definition) is 1. The molecule has 0 saturated carbocycles. The first kappa shape index (κ1) is 22.8. The number of nitrogens with one attached hydrogen (secondary N) is 1. The van der Waals surface area contributed by atoms with E-state index < -0.39 is 0 Å². The van der Waals surface area contributed by atoms with E-state index >= 15 is 0 Å². The number of carbonyl (C=O) groups excluding carboxylic acids is 1. The number of anilines is 1. The van der Waals surface area contributed by atoms with E-state index in [1.165, 1.54) is 25.9 Å². The van der Waals surface area contributed by atoms with Gasteiger partial charge in [-0.3, -0.25) is 4.79 Å². The second-order valence-corrected chi connectivity index (χ2v) is 8.80. The third kappa shape index (κ3) is 5.14. The molecule has 3 aromatic rings. The van der Waals surface area contributed by atoms with Gasteiger partial charge in [-0.1, -0.05) is 29.3 Å². The molecule has 2 aliphatic rings. The van der Waals surface area contributed by atoms with Gasteiger partial charge in [-0.25, -0.2) is 14.6 Å². The Labute approximate surface area is 197 Å². The van der Waals surface area contributed by atoms with E-state index in [0.29, 0.717) is 28.8 Å². The fourth-order valence-corrected chi connectivity index (χ4v) is 4.47. The van der Waals surface area contributed by atoms with E-state index in [9.17, 15) is 4.79 Å². The van der Waals surface area contributed by atoms with Crippen LogP contribution in [0, 0.1) is 0 Å². The SMILES string of the molecule is C1CCNC1.CC(c1ccc(Cl)cc1Cl)n1ncc2ncc(N3CCN(C=O)CC3)nc21. The van der Waals surface area contributed by atoms with Crippen molar-refractivity contribution in [3.63, 3.8) is 0 Å². The van der Waals surface area contributed by atoms with Crippen LogP contribution in [0.2, 0.25) is 10.0 Å². The van der Waals surface area contributed by atoms with Gasteiger partial charge in [0.2, 0.25) is 6.41 Å². The standard InChI is InChI=1S/C18H18Cl2N6O.C4H9N/c1-12(14-3-2-13(19)8-15(14)20)26-18-16(9-22-26)21-10-17(23-18)25-6-4-24(11-27)5-7-25;1-2-4-5-3-1/h2-3,8-12H,4-7H2,1H3;5H,1-4H2. The third-order valence-corrected chi connectivity index (χ3v) is 6.38. The Morgan fingerprint density at radius 2 is 1.84 bits per heavy atom. The van der Waals surface area contributed by atoms with Gasteiger partial charge in [0.1, 0.15) is 11.3 Å². The van der Waals surface area contributed by atoms with Gasteiger partial charge < -0.3 is 15.1 Å². The maximum absolute atomic E-state index is 10.9. The van der Waals surface area contributed by atoms with Crippen molar-refractivity contribution in [2.75, 3.05) is 44.2 Å². The molecule has 5 rings (SSSR count). The molecule has 1 aromatic carbocycles. The number of aromatic nitrogens is 4. The van der Waals surface area contributed by atoms with E-state index in [-0.39, 0.29) is 6.04 Å². The maximum Gasteiger partial charge on any atom is 0.209 e. The molecule has 4 heterocycles. The summed E-state index contributed by atoms with van der Waals surface area (Å²) in [5.41, 5.74) is 2.34. The van der Waals surface area contributed by atoms with Gasteiger partial charge in [-0.15, -0.1) is 0 Å². The normalized spacial score (nSPS) is 17.2. The molecule has 8 nitrogen and oxygen atoms in total. The summed E-state index contributed by atoms with van der Waals surface area (Å²) in [5.74, 6) is 0.782. The quantitative estimate of drug-likeness (QED) is 0.582. The number of halogens is 2. The van der Waals surface area contributed by atoms with E-state index in [1.807, 2.05) is 23.7 Å². The maximum atomic E-state index is 10.9. The first-order valence-corrected chi connectivity index (χ1v) is 11.6. The van der Waals surface area contributed by atoms with Crippen LogP contribution in [0.4, 0.5) is 5.82 Å². The lowest BCUT2D eigenvalue weighted by Crippen LogP contribution is -2.46. The van der Waals surface area contributed by atoms with Crippen LogP contribution in [0.5, 0.6) is 0 Å². The molecule has 1 unspecified atom stereocenters. The van der Waals surface area contributed by atoms with Crippen LogP contribution in [0.1, 0.15) is 31.4 Å². The van der Waals surface area contributed by atoms with E-state index in [0.717, 1.165) is 36.4 Å². The molecule has 1 atom stereocenters. The van der Waals surface area contributed by atoms with Crippen LogP contribution in [-0.2, 0) is 4.79 Å². The molecular formula is C22H27Cl2N7O. The summed E-state index contributed by atoms with van der Waals surface area (Å²) in [5, 5.41) is 8.88. The zero-order chi connectivity index (χ0) is 22.5. The van der Waals surface area contributed by atoms with Crippen molar-refractivity contribution < 1.29 is 4.79 Å². The minimum absolute atomic E-state index is 0.122. The van der Waals surface area contributed by atoms with E-state index in [2.05, 4.69) is 20.3 Å². The first-order chi connectivity index (χ1) is 15.6. The minimum Gasteiger partial charge on any atom is -0.352 e. The van der Waals surface area contributed by atoms with Crippen molar-refractivity contribution in [2.45, 2.75) is 25.8 Å². The Kier molecular flexibility index (Phi) is 7.44. The van der Waals surface area contributed by atoms with Gasteiger partial charge in [0.05, 0.1) is 18.4 Å². The largest absolute Gasteiger partial charge is 0.352 e. The van der Waals surface area contributed by atoms with Crippen LogP contribution in [0.3, 0.4) is 0 Å². The monoisotopic (exact) mass is 475 g/mol. The van der Waals surface area contributed by atoms with Crippen molar-refractivity contribution in [3.05, 3.63) is 46.2 Å². The average molecular weight is 476 g/mol. The lowest BCUT2D eigenvalue weighted by atomic mass is 10.1. The summed E-state index contributed by atoms with van der Waals surface area (Å²) in [6, 6.07) is 5.32. The van der Waals surface area contributed by atoms with Gasteiger partial charge in [0.15, 0.2) is 5.65 Å². The second-order valence-electron chi connectivity index (χ2n) is 7.95. The average Bonchev–Trinajstić information content (AvgIpc) is 3.52. The zero-order valence-electron chi connectivity index (χ0n) is 18.0. The third-order valence-electron chi connectivity index (χ3n) is 5.81. The number of benzene rings is 1. The molecular weight excluding hydrogens is 449 g/mol. The van der Waals surface area contributed by atoms with Gasteiger partial charge >= 0.3 is 0 Å². The molecule has 170 valence electrons. The predicted octanol–water partition coefficient (Wildman–Crippen LogP) is 3.39. The Morgan fingerprint density at radius 3 is 2.47 bits per heavy atom. The van der Waals surface area contributed by atoms with E-state index in [1.54, 1.807) is 23.4 Å². The number of carbonyl (C=O) groups is 1. The molecule has 2 saturated heterocycles. The predicted molar refractivity (Wildman–Crippen MR) is 128 cm³/mol. The summed E-state index contributed by atoms with van der Waals surface area (Å²) < 4.78 is 1.82. The molecule has 2 aromatic heterocycles. The Balaban J connectivity index is 0.000000433. The zero-order valence-corrected chi connectivity index (χ0v) is 19.6. The lowest BCUT2D eigenvalue weighted by molar-refractivity contribution is -0.118. The van der Waals surface area contributed by atoms with Gasteiger partial charge in [-0.2, -0.15) is 5.10 Å². The van der Waals surface area contributed by atoms with Crippen LogP contribution < -0.4 is 10.2 Å². The highest BCUT2D eigenvalue weighted by Gasteiger charge is 2.20. The van der Waals surface area contributed by atoms with Gasteiger partial charge in [0.25, 0.3) is 0 Å². The highest BCUT2D eigenvalue weighted by atomic mass is 35.5.